The van der Waals surface area contributed by atoms with E-state index in [1.807, 2.05) is 12.1 Å². The highest BCUT2D eigenvalue weighted by Crippen LogP contribution is 2.61. The molecule has 0 aliphatic heterocycles. The Morgan fingerprint density at radius 3 is 2.23 bits per heavy atom. The van der Waals surface area contributed by atoms with E-state index in [2.05, 4.69) is 17.6 Å². The van der Waals surface area contributed by atoms with Crippen LogP contribution in [0.4, 0.5) is 0 Å². The van der Waals surface area contributed by atoms with Gasteiger partial charge in [-0.05, 0) is 98.5 Å². The maximum absolute atomic E-state index is 12.3. The highest BCUT2D eigenvalue weighted by molar-refractivity contribution is 7.80. The second kappa shape index (κ2) is 7.12. The Morgan fingerprint density at radius 1 is 1.15 bits per heavy atom. The third kappa shape index (κ3) is 3.77. The number of halogens is 1. The lowest BCUT2D eigenvalue weighted by molar-refractivity contribution is -0.119. The zero-order chi connectivity index (χ0) is 18.3. The number of carbonyl (C=O) groups excluding carboxylic acids is 1. The summed E-state index contributed by atoms with van der Waals surface area (Å²) in [6, 6.07) is 7.66. The molecule has 4 fully saturated rings. The molecule has 5 rings (SSSR count). The van der Waals surface area contributed by atoms with E-state index in [-0.39, 0.29) is 5.91 Å². The van der Waals surface area contributed by atoms with Crippen LogP contribution < -0.4 is 10.6 Å². The number of rotatable bonds is 4. The SMILES string of the molecule is C[C@@H](NC(=S)NC(=O)Cc1ccc(Cl)cc1)C12CC3CC(CC(C3)C1)C2. The zero-order valence-electron chi connectivity index (χ0n) is 15.3. The van der Waals surface area contributed by atoms with Crippen molar-refractivity contribution >= 4 is 34.8 Å². The molecule has 0 aromatic heterocycles. The van der Waals surface area contributed by atoms with Gasteiger partial charge < -0.3 is 10.6 Å². The minimum Gasteiger partial charge on any atom is -0.359 e. The molecule has 0 saturated heterocycles. The Labute approximate surface area is 166 Å². The molecule has 140 valence electrons. The first-order valence-corrected chi connectivity index (χ1v) is 10.6. The van der Waals surface area contributed by atoms with E-state index in [1.165, 1.54) is 38.5 Å². The van der Waals surface area contributed by atoms with Crippen molar-refractivity contribution in [2.45, 2.75) is 57.9 Å². The molecule has 26 heavy (non-hydrogen) atoms. The van der Waals surface area contributed by atoms with Crippen LogP contribution in [-0.2, 0) is 11.2 Å². The zero-order valence-corrected chi connectivity index (χ0v) is 16.8. The first-order chi connectivity index (χ1) is 12.4. The highest BCUT2D eigenvalue weighted by Gasteiger charge is 2.53. The molecule has 0 radical (unpaired) electrons. The first kappa shape index (κ1) is 18.2. The van der Waals surface area contributed by atoms with Crippen molar-refractivity contribution in [3.05, 3.63) is 34.9 Å². The number of hydrogen-bond acceptors (Lipinski definition) is 2. The number of nitrogens with one attached hydrogen (secondary N) is 2. The fraction of sp³-hybridized carbons (Fsp3) is 0.619. The maximum atomic E-state index is 12.3. The van der Waals surface area contributed by atoms with E-state index < -0.39 is 0 Å². The fourth-order valence-corrected chi connectivity index (χ4v) is 6.47. The molecular formula is C21H27ClN2OS. The monoisotopic (exact) mass is 390 g/mol. The minimum atomic E-state index is -0.0810. The smallest absolute Gasteiger partial charge is 0.230 e. The summed E-state index contributed by atoms with van der Waals surface area (Å²) in [5, 5.41) is 7.44. The van der Waals surface area contributed by atoms with Crippen LogP contribution in [0.3, 0.4) is 0 Å². The van der Waals surface area contributed by atoms with Crippen LogP contribution in [0.15, 0.2) is 24.3 Å². The Kier molecular flexibility index (Phi) is 5.00. The van der Waals surface area contributed by atoms with Crippen molar-refractivity contribution in [3.8, 4) is 0 Å². The predicted molar refractivity (Wildman–Crippen MR) is 109 cm³/mol. The summed E-state index contributed by atoms with van der Waals surface area (Å²) in [6.07, 6.45) is 8.61. The van der Waals surface area contributed by atoms with Gasteiger partial charge in [0.2, 0.25) is 5.91 Å². The van der Waals surface area contributed by atoms with Gasteiger partial charge in [-0.2, -0.15) is 0 Å². The number of amides is 1. The number of thiocarbonyl (C=S) groups is 1. The molecule has 1 amide bonds. The first-order valence-electron chi connectivity index (χ1n) is 9.77. The van der Waals surface area contributed by atoms with Crippen LogP contribution in [0, 0.1) is 23.2 Å². The molecule has 1 aromatic carbocycles. The number of hydrogen-bond donors (Lipinski definition) is 2. The van der Waals surface area contributed by atoms with E-state index >= 15 is 0 Å². The summed E-state index contributed by atoms with van der Waals surface area (Å²) in [7, 11) is 0. The van der Waals surface area contributed by atoms with Crippen molar-refractivity contribution < 1.29 is 4.79 Å². The van der Waals surface area contributed by atoms with Crippen LogP contribution in [-0.4, -0.2) is 17.1 Å². The summed E-state index contributed by atoms with van der Waals surface area (Å²) < 4.78 is 0. The normalized spacial score (nSPS) is 32.9. The predicted octanol–water partition coefficient (Wildman–Crippen LogP) is 4.48. The molecule has 0 heterocycles. The lowest BCUT2D eigenvalue weighted by Gasteiger charge is -2.59. The van der Waals surface area contributed by atoms with Crippen molar-refractivity contribution in [2.75, 3.05) is 0 Å². The van der Waals surface area contributed by atoms with Gasteiger partial charge in [-0.1, -0.05) is 23.7 Å². The molecular weight excluding hydrogens is 364 g/mol. The lowest BCUT2D eigenvalue weighted by Crippen LogP contribution is -2.57. The van der Waals surface area contributed by atoms with E-state index in [4.69, 9.17) is 23.8 Å². The van der Waals surface area contributed by atoms with Gasteiger partial charge in [0.05, 0.1) is 6.42 Å². The molecule has 2 N–H and O–H groups in total. The van der Waals surface area contributed by atoms with Gasteiger partial charge in [0.15, 0.2) is 5.11 Å². The molecule has 1 atom stereocenters. The average Bonchev–Trinajstić information content (AvgIpc) is 2.55. The molecule has 4 bridgehead atoms. The standard InChI is InChI=1S/C21H27ClN2OS/c1-13(21-10-15-6-16(11-21)8-17(7-15)12-21)23-20(26)24-19(25)9-14-2-4-18(22)5-3-14/h2-5,13,15-17H,6-12H2,1H3,(H2,23,24,25,26)/t13-,15?,16?,17?,21?/m1/s1. The van der Waals surface area contributed by atoms with E-state index in [9.17, 15) is 4.79 Å². The van der Waals surface area contributed by atoms with Gasteiger partial charge in [-0.15, -0.1) is 0 Å². The van der Waals surface area contributed by atoms with Crippen LogP contribution in [0.5, 0.6) is 0 Å². The van der Waals surface area contributed by atoms with Crippen molar-refractivity contribution in [2.24, 2.45) is 23.2 Å². The molecule has 0 spiro atoms. The van der Waals surface area contributed by atoms with E-state index in [0.29, 0.717) is 28.0 Å². The molecule has 0 unspecified atom stereocenters. The molecule has 4 aliphatic rings. The lowest BCUT2D eigenvalue weighted by atomic mass is 9.48. The minimum absolute atomic E-state index is 0.0810. The van der Waals surface area contributed by atoms with Gasteiger partial charge in [0.25, 0.3) is 0 Å². The Hall–Kier alpha value is -1.13. The topological polar surface area (TPSA) is 41.1 Å². The van der Waals surface area contributed by atoms with Gasteiger partial charge in [0.1, 0.15) is 0 Å². The molecule has 3 nitrogen and oxygen atoms in total. The number of benzene rings is 1. The Balaban J connectivity index is 1.31. The Bertz CT molecular complexity index is 667. The second-order valence-electron chi connectivity index (χ2n) is 8.83. The summed E-state index contributed by atoms with van der Waals surface area (Å²) in [5.41, 5.74) is 1.31. The fourth-order valence-electron chi connectivity index (χ4n) is 6.05. The van der Waals surface area contributed by atoms with Crippen LogP contribution in [0.2, 0.25) is 5.02 Å². The quantitative estimate of drug-likeness (QED) is 0.745. The molecule has 5 heteroatoms. The summed E-state index contributed by atoms with van der Waals surface area (Å²) in [4.78, 5) is 12.3. The molecule has 4 aliphatic carbocycles. The maximum Gasteiger partial charge on any atom is 0.230 e. The summed E-state index contributed by atoms with van der Waals surface area (Å²) >= 11 is 11.3. The summed E-state index contributed by atoms with van der Waals surface area (Å²) in [6.45, 7) is 2.25. The van der Waals surface area contributed by atoms with Crippen molar-refractivity contribution in [1.82, 2.24) is 10.6 Å². The third-order valence-corrected chi connectivity index (χ3v) is 7.35. The average molecular weight is 391 g/mol. The van der Waals surface area contributed by atoms with Crippen molar-refractivity contribution in [1.29, 1.82) is 0 Å². The summed E-state index contributed by atoms with van der Waals surface area (Å²) in [5.74, 6) is 2.67. The van der Waals surface area contributed by atoms with Gasteiger partial charge >= 0.3 is 0 Å². The molecule has 1 aromatic rings. The van der Waals surface area contributed by atoms with Gasteiger partial charge in [-0.3, -0.25) is 4.79 Å². The largest absolute Gasteiger partial charge is 0.359 e. The van der Waals surface area contributed by atoms with E-state index in [0.717, 1.165) is 23.3 Å². The van der Waals surface area contributed by atoms with E-state index in [1.54, 1.807) is 12.1 Å². The highest BCUT2D eigenvalue weighted by atomic mass is 35.5. The molecule has 4 saturated carbocycles. The second-order valence-corrected chi connectivity index (χ2v) is 9.67. The van der Waals surface area contributed by atoms with Gasteiger partial charge in [-0.25, -0.2) is 0 Å². The van der Waals surface area contributed by atoms with Crippen LogP contribution in [0.1, 0.15) is 51.0 Å². The third-order valence-electron chi connectivity index (χ3n) is 6.88. The van der Waals surface area contributed by atoms with Crippen LogP contribution >= 0.6 is 23.8 Å². The van der Waals surface area contributed by atoms with Gasteiger partial charge in [0, 0.05) is 11.1 Å². The van der Waals surface area contributed by atoms with Crippen molar-refractivity contribution in [3.63, 3.8) is 0 Å². The van der Waals surface area contributed by atoms with Crippen LogP contribution in [0.25, 0.3) is 0 Å². The number of carbonyl (C=O) groups is 1. The Morgan fingerprint density at radius 2 is 1.69 bits per heavy atom.